The smallest absolute Gasteiger partial charge is 0.368 e. The highest BCUT2D eigenvalue weighted by Gasteiger charge is 2.31. The molecule has 0 saturated carbocycles. The Morgan fingerprint density at radius 2 is 1.60 bits per heavy atom. The van der Waals surface area contributed by atoms with Crippen LogP contribution in [0.25, 0.3) is 11.3 Å². The maximum Gasteiger partial charge on any atom is 0.416 e. The molecular formula is C22H20F3N3O2. The normalized spacial score (nSPS) is 14.8. The van der Waals surface area contributed by atoms with Crippen LogP contribution in [-0.2, 0) is 6.18 Å². The van der Waals surface area contributed by atoms with Crippen molar-refractivity contribution >= 4 is 11.6 Å². The van der Waals surface area contributed by atoms with E-state index in [2.05, 4.69) is 5.16 Å². The van der Waals surface area contributed by atoms with Crippen molar-refractivity contribution in [2.24, 2.45) is 0 Å². The second-order valence-electron chi connectivity index (χ2n) is 7.15. The fraction of sp³-hybridized carbons (Fsp3) is 0.273. The second-order valence-corrected chi connectivity index (χ2v) is 7.15. The SMILES string of the molecule is Cc1onc(-c2ccccc2)c1C(=O)N1CCN(c2ccc(C(F)(F)F)cc2)CC1. The Morgan fingerprint density at radius 3 is 2.20 bits per heavy atom. The zero-order valence-electron chi connectivity index (χ0n) is 16.3. The predicted octanol–water partition coefficient (Wildman–Crippen LogP) is 4.63. The summed E-state index contributed by atoms with van der Waals surface area (Å²) in [6.07, 6.45) is -4.35. The lowest BCUT2D eigenvalue weighted by atomic mass is 10.0. The fourth-order valence-corrected chi connectivity index (χ4v) is 3.60. The van der Waals surface area contributed by atoms with Crippen LogP contribution in [0.15, 0.2) is 59.1 Å². The number of amides is 1. The minimum atomic E-state index is -4.35. The van der Waals surface area contributed by atoms with E-state index < -0.39 is 11.7 Å². The van der Waals surface area contributed by atoms with E-state index in [9.17, 15) is 18.0 Å². The molecular weight excluding hydrogens is 395 g/mol. The summed E-state index contributed by atoms with van der Waals surface area (Å²) in [6, 6.07) is 14.5. The van der Waals surface area contributed by atoms with Gasteiger partial charge in [-0.3, -0.25) is 4.79 Å². The summed E-state index contributed by atoms with van der Waals surface area (Å²) in [4.78, 5) is 16.9. The lowest BCUT2D eigenvalue weighted by molar-refractivity contribution is -0.137. The number of nitrogens with zero attached hydrogens (tertiary/aromatic N) is 3. The Labute approximate surface area is 171 Å². The predicted molar refractivity (Wildman–Crippen MR) is 106 cm³/mol. The van der Waals surface area contributed by atoms with E-state index in [-0.39, 0.29) is 5.91 Å². The van der Waals surface area contributed by atoms with Crippen molar-refractivity contribution < 1.29 is 22.5 Å². The van der Waals surface area contributed by atoms with Crippen LogP contribution in [-0.4, -0.2) is 42.1 Å². The summed E-state index contributed by atoms with van der Waals surface area (Å²) in [5.41, 5.74) is 1.81. The molecule has 3 aromatic rings. The molecule has 1 fully saturated rings. The Morgan fingerprint density at radius 1 is 0.967 bits per heavy atom. The van der Waals surface area contributed by atoms with Crippen molar-refractivity contribution in [3.8, 4) is 11.3 Å². The van der Waals surface area contributed by atoms with Crippen molar-refractivity contribution in [3.05, 3.63) is 71.5 Å². The number of rotatable bonds is 3. The molecule has 2 heterocycles. The van der Waals surface area contributed by atoms with Gasteiger partial charge in [-0.1, -0.05) is 35.5 Å². The standard InChI is InChI=1S/C22H20F3N3O2/c1-15-19(20(26-30-15)16-5-3-2-4-6-16)21(29)28-13-11-27(12-14-28)18-9-7-17(8-10-18)22(23,24)25/h2-10H,11-14H2,1H3. The Balaban J connectivity index is 1.46. The minimum absolute atomic E-state index is 0.153. The average molecular weight is 415 g/mol. The van der Waals surface area contributed by atoms with Crippen LogP contribution in [0.4, 0.5) is 18.9 Å². The number of hydrogen-bond donors (Lipinski definition) is 0. The minimum Gasteiger partial charge on any atom is -0.368 e. The maximum atomic E-state index is 13.2. The summed E-state index contributed by atoms with van der Waals surface area (Å²) >= 11 is 0. The lowest BCUT2D eigenvalue weighted by Crippen LogP contribution is -2.49. The molecule has 0 atom stereocenters. The molecule has 0 unspecified atom stereocenters. The molecule has 5 nitrogen and oxygen atoms in total. The first kappa shape index (κ1) is 20.0. The van der Waals surface area contributed by atoms with Crippen LogP contribution in [0.1, 0.15) is 21.7 Å². The van der Waals surface area contributed by atoms with Gasteiger partial charge in [0.05, 0.1) is 5.56 Å². The number of aryl methyl sites for hydroxylation is 1. The molecule has 8 heteroatoms. The third-order valence-electron chi connectivity index (χ3n) is 5.25. The summed E-state index contributed by atoms with van der Waals surface area (Å²) in [7, 11) is 0. The number of aromatic nitrogens is 1. The third kappa shape index (κ3) is 3.90. The van der Waals surface area contributed by atoms with Gasteiger partial charge in [-0.15, -0.1) is 0 Å². The van der Waals surface area contributed by atoms with Crippen molar-refractivity contribution in [2.45, 2.75) is 13.1 Å². The van der Waals surface area contributed by atoms with Crippen LogP contribution in [0, 0.1) is 6.92 Å². The zero-order chi connectivity index (χ0) is 21.3. The molecule has 0 bridgehead atoms. The summed E-state index contributed by atoms with van der Waals surface area (Å²) in [5, 5.41) is 4.07. The first-order chi connectivity index (χ1) is 14.3. The molecule has 30 heavy (non-hydrogen) atoms. The number of halogens is 3. The number of piperazine rings is 1. The van der Waals surface area contributed by atoms with Gasteiger partial charge in [-0.05, 0) is 31.2 Å². The van der Waals surface area contributed by atoms with Gasteiger partial charge in [0.1, 0.15) is 17.0 Å². The molecule has 0 spiro atoms. The zero-order valence-corrected chi connectivity index (χ0v) is 16.3. The third-order valence-corrected chi connectivity index (χ3v) is 5.25. The molecule has 1 amide bonds. The molecule has 1 aliphatic rings. The van der Waals surface area contributed by atoms with Gasteiger partial charge < -0.3 is 14.3 Å². The van der Waals surface area contributed by atoms with Gasteiger partial charge in [0.2, 0.25) is 0 Å². The van der Waals surface area contributed by atoms with Gasteiger partial charge in [-0.25, -0.2) is 0 Å². The lowest BCUT2D eigenvalue weighted by Gasteiger charge is -2.36. The molecule has 4 rings (SSSR count). The van der Waals surface area contributed by atoms with E-state index in [4.69, 9.17) is 4.52 Å². The molecule has 0 aliphatic carbocycles. The highest BCUT2D eigenvalue weighted by molar-refractivity contribution is 6.00. The van der Waals surface area contributed by atoms with Crippen molar-refractivity contribution in [2.75, 3.05) is 31.1 Å². The van der Waals surface area contributed by atoms with E-state index >= 15 is 0 Å². The topological polar surface area (TPSA) is 49.6 Å². The fourth-order valence-electron chi connectivity index (χ4n) is 3.60. The van der Waals surface area contributed by atoms with E-state index in [1.54, 1.807) is 11.8 Å². The number of hydrogen-bond acceptors (Lipinski definition) is 4. The van der Waals surface area contributed by atoms with Crippen LogP contribution in [0.5, 0.6) is 0 Å². The molecule has 0 N–H and O–H groups in total. The quantitative estimate of drug-likeness (QED) is 0.626. The van der Waals surface area contributed by atoms with Crippen LogP contribution >= 0.6 is 0 Å². The van der Waals surface area contributed by atoms with Gasteiger partial charge in [0.15, 0.2) is 0 Å². The average Bonchev–Trinajstić information content (AvgIpc) is 3.15. The van der Waals surface area contributed by atoms with Crippen LogP contribution in [0.2, 0.25) is 0 Å². The van der Waals surface area contributed by atoms with E-state index in [0.29, 0.717) is 48.9 Å². The summed E-state index contributed by atoms with van der Waals surface area (Å²) in [5.74, 6) is 0.309. The van der Waals surface area contributed by atoms with Gasteiger partial charge in [0.25, 0.3) is 5.91 Å². The van der Waals surface area contributed by atoms with Crippen molar-refractivity contribution in [3.63, 3.8) is 0 Å². The first-order valence-corrected chi connectivity index (χ1v) is 9.58. The number of carbonyl (C=O) groups excluding carboxylic acids is 1. The van der Waals surface area contributed by atoms with Gasteiger partial charge >= 0.3 is 6.18 Å². The summed E-state index contributed by atoms with van der Waals surface area (Å²) < 4.78 is 43.6. The molecule has 2 aromatic carbocycles. The monoisotopic (exact) mass is 415 g/mol. The number of alkyl halides is 3. The Bertz CT molecular complexity index is 1020. The molecule has 0 radical (unpaired) electrons. The van der Waals surface area contributed by atoms with E-state index in [0.717, 1.165) is 17.7 Å². The largest absolute Gasteiger partial charge is 0.416 e. The van der Waals surface area contributed by atoms with Crippen LogP contribution < -0.4 is 4.90 Å². The molecule has 1 aromatic heterocycles. The van der Waals surface area contributed by atoms with Gasteiger partial charge in [-0.2, -0.15) is 13.2 Å². The first-order valence-electron chi connectivity index (χ1n) is 9.58. The van der Waals surface area contributed by atoms with Crippen LogP contribution in [0.3, 0.4) is 0 Å². The molecule has 1 aliphatic heterocycles. The van der Waals surface area contributed by atoms with Crippen molar-refractivity contribution in [1.29, 1.82) is 0 Å². The van der Waals surface area contributed by atoms with E-state index in [1.807, 2.05) is 35.2 Å². The van der Waals surface area contributed by atoms with Crippen molar-refractivity contribution in [1.82, 2.24) is 10.1 Å². The molecule has 1 saturated heterocycles. The Hall–Kier alpha value is -3.29. The maximum absolute atomic E-state index is 13.2. The second kappa shape index (κ2) is 7.85. The number of carbonyl (C=O) groups is 1. The number of anilines is 1. The summed E-state index contributed by atoms with van der Waals surface area (Å²) in [6.45, 7) is 3.69. The van der Waals surface area contributed by atoms with E-state index in [1.165, 1.54) is 12.1 Å². The number of benzene rings is 2. The highest BCUT2D eigenvalue weighted by Crippen LogP contribution is 2.31. The molecule has 156 valence electrons. The van der Waals surface area contributed by atoms with Gasteiger partial charge in [0, 0.05) is 37.4 Å². The Kier molecular flexibility index (Phi) is 5.24. The highest BCUT2D eigenvalue weighted by atomic mass is 19.4.